The molecule has 1 aromatic carbocycles. The Labute approximate surface area is 133 Å². The van der Waals surface area contributed by atoms with Crippen LogP contribution in [0.15, 0.2) is 30.9 Å². The van der Waals surface area contributed by atoms with E-state index in [0.717, 1.165) is 37.3 Å². The lowest BCUT2D eigenvalue weighted by Crippen LogP contribution is -2.26. The van der Waals surface area contributed by atoms with Crippen molar-refractivity contribution in [2.24, 2.45) is 0 Å². The van der Waals surface area contributed by atoms with Gasteiger partial charge in [-0.15, -0.1) is 6.58 Å². The molecule has 0 atom stereocenters. The largest absolute Gasteiger partial charge is 0.492 e. The predicted octanol–water partition coefficient (Wildman–Crippen LogP) is 4.71. The first-order chi connectivity index (χ1) is 10.3. The van der Waals surface area contributed by atoms with Gasteiger partial charge >= 0.3 is 0 Å². The summed E-state index contributed by atoms with van der Waals surface area (Å²) in [6.45, 7) is 8.13. The molecule has 0 aromatic heterocycles. The Morgan fingerprint density at radius 3 is 2.67 bits per heavy atom. The summed E-state index contributed by atoms with van der Waals surface area (Å²) >= 11 is 6.24. The molecule has 0 aliphatic carbocycles. The number of likely N-dealkylation sites (tertiary alicyclic amines) is 1. The van der Waals surface area contributed by atoms with Crippen molar-refractivity contribution in [1.82, 2.24) is 4.90 Å². The second kappa shape index (κ2) is 9.11. The maximum atomic E-state index is 6.24. The molecule has 1 aliphatic rings. The molecule has 2 nitrogen and oxygen atoms in total. The molecule has 1 saturated heterocycles. The van der Waals surface area contributed by atoms with Gasteiger partial charge in [0, 0.05) is 6.54 Å². The Morgan fingerprint density at radius 2 is 1.95 bits per heavy atom. The smallest absolute Gasteiger partial charge is 0.141 e. The minimum Gasteiger partial charge on any atom is -0.492 e. The van der Waals surface area contributed by atoms with Gasteiger partial charge in [-0.25, -0.2) is 0 Å². The first-order valence-electron chi connectivity index (χ1n) is 8.04. The monoisotopic (exact) mass is 307 g/mol. The summed E-state index contributed by atoms with van der Waals surface area (Å²) in [5.41, 5.74) is 1.12. The van der Waals surface area contributed by atoms with E-state index in [9.17, 15) is 0 Å². The molecule has 0 amide bonds. The van der Waals surface area contributed by atoms with Crippen molar-refractivity contribution < 1.29 is 4.74 Å². The van der Waals surface area contributed by atoms with Gasteiger partial charge in [0.2, 0.25) is 0 Å². The Balaban J connectivity index is 1.78. The second-order valence-corrected chi connectivity index (χ2v) is 6.09. The Morgan fingerprint density at radius 1 is 1.19 bits per heavy atom. The van der Waals surface area contributed by atoms with E-state index in [4.69, 9.17) is 16.3 Å². The van der Waals surface area contributed by atoms with E-state index in [-0.39, 0.29) is 0 Å². The molecule has 3 heteroatoms. The van der Waals surface area contributed by atoms with Crippen LogP contribution in [0, 0.1) is 0 Å². The van der Waals surface area contributed by atoms with Crippen LogP contribution >= 0.6 is 11.6 Å². The lowest BCUT2D eigenvalue weighted by atomic mass is 10.1. The maximum Gasteiger partial charge on any atom is 0.141 e. The molecule has 1 heterocycles. The molecular formula is C18H26ClNO. The zero-order valence-corrected chi connectivity index (χ0v) is 13.6. The summed E-state index contributed by atoms with van der Waals surface area (Å²) in [5, 5.41) is 0.698. The lowest BCUT2D eigenvalue weighted by molar-refractivity contribution is 0.239. The van der Waals surface area contributed by atoms with Crippen LogP contribution < -0.4 is 4.74 Å². The van der Waals surface area contributed by atoms with E-state index in [1.807, 2.05) is 18.2 Å². The fourth-order valence-electron chi connectivity index (χ4n) is 2.85. The summed E-state index contributed by atoms with van der Waals surface area (Å²) in [6, 6.07) is 5.90. The van der Waals surface area contributed by atoms with Crippen molar-refractivity contribution in [3.63, 3.8) is 0 Å². The van der Waals surface area contributed by atoms with Crippen molar-refractivity contribution in [2.45, 2.75) is 38.5 Å². The van der Waals surface area contributed by atoms with Gasteiger partial charge < -0.3 is 9.64 Å². The highest BCUT2D eigenvalue weighted by Crippen LogP contribution is 2.29. The number of rotatable bonds is 7. The van der Waals surface area contributed by atoms with Crippen LogP contribution in [0.2, 0.25) is 5.02 Å². The fourth-order valence-corrected chi connectivity index (χ4v) is 3.10. The average Bonchev–Trinajstić information content (AvgIpc) is 2.75. The first kappa shape index (κ1) is 16.4. The molecule has 1 aliphatic heterocycles. The van der Waals surface area contributed by atoms with E-state index < -0.39 is 0 Å². The molecule has 0 bridgehead atoms. The minimum absolute atomic E-state index is 0.698. The van der Waals surface area contributed by atoms with Crippen LogP contribution in [0.5, 0.6) is 5.75 Å². The number of benzene rings is 1. The van der Waals surface area contributed by atoms with Crippen LogP contribution in [0.3, 0.4) is 0 Å². The lowest BCUT2D eigenvalue weighted by Gasteiger charge is -2.20. The Bertz CT molecular complexity index is 439. The number of ether oxygens (including phenoxy) is 1. The summed E-state index contributed by atoms with van der Waals surface area (Å²) < 4.78 is 5.94. The number of hydrogen-bond donors (Lipinski definition) is 0. The van der Waals surface area contributed by atoms with Crippen molar-refractivity contribution in [2.75, 3.05) is 26.2 Å². The number of nitrogens with zero attached hydrogens (tertiary/aromatic N) is 1. The van der Waals surface area contributed by atoms with Crippen molar-refractivity contribution >= 4 is 11.6 Å². The zero-order chi connectivity index (χ0) is 14.9. The third-order valence-corrected chi connectivity index (χ3v) is 4.27. The van der Waals surface area contributed by atoms with Crippen molar-refractivity contribution in [3.05, 3.63) is 41.4 Å². The average molecular weight is 308 g/mol. The Kier molecular flexibility index (Phi) is 7.11. The molecule has 0 spiro atoms. The number of para-hydroxylation sites is 1. The van der Waals surface area contributed by atoms with E-state index in [0.29, 0.717) is 5.02 Å². The fraction of sp³-hybridized carbons (Fsp3) is 0.556. The summed E-state index contributed by atoms with van der Waals surface area (Å²) in [5.74, 6) is 0.829. The molecule has 0 radical (unpaired) electrons. The zero-order valence-electron chi connectivity index (χ0n) is 12.8. The summed E-state index contributed by atoms with van der Waals surface area (Å²) in [6.07, 6.45) is 9.19. The van der Waals surface area contributed by atoms with Gasteiger partial charge in [-0.3, -0.25) is 0 Å². The van der Waals surface area contributed by atoms with Gasteiger partial charge in [-0.05, 0) is 50.4 Å². The normalized spacial score (nSPS) is 16.4. The third kappa shape index (κ3) is 5.37. The van der Waals surface area contributed by atoms with Crippen molar-refractivity contribution in [3.8, 4) is 5.75 Å². The van der Waals surface area contributed by atoms with Crippen LogP contribution in [-0.2, 0) is 6.42 Å². The molecule has 1 aromatic rings. The van der Waals surface area contributed by atoms with Crippen molar-refractivity contribution in [1.29, 1.82) is 0 Å². The summed E-state index contributed by atoms with van der Waals surface area (Å²) in [7, 11) is 0. The van der Waals surface area contributed by atoms with Gasteiger partial charge in [0.05, 0.1) is 11.6 Å². The van der Waals surface area contributed by atoms with Crippen LogP contribution in [-0.4, -0.2) is 31.1 Å². The van der Waals surface area contributed by atoms with E-state index in [1.54, 1.807) is 0 Å². The molecule has 2 rings (SSSR count). The highest BCUT2D eigenvalue weighted by atomic mass is 35.5. The predicted molar refractivity (Wildman–Crippen MR) is 90.4 cm³/mol. The van der Waals surface area contributed by atoms with Crippen LogP contribution in [0.4, 0.5) is 0 Å². The molecule has 0 unspecified atom stereocenters. The topological polar surface area (TPSA) is 12.5 Å². The van der Waals surface area contributed by atoms with Crippen LogP contribution in [0.25, 0.3) is 0 Å². The molecule has 116 valence electrons. The van der Waals surface area contributed by atoms with Gasteiger partial charge in [-0.1, -0.05) is 42.7 Å². The highest BCUT2D eigenvalue weighted by Gasteiger charge is 2.10. The van der Waals surface area contributed by atoms with E-state index in [1.165, 1.54) is 38.8 Å². The Hall–Kier alpha value is -0.990. The summed E-state index contributed by atoms with van der Waals surface area (Å²) in [4.78, 5) is 2.56. The minimum atomic E-state index is 0.698. The van der Waals surface area contributed by atoms with E-state index >= 15 is 0 Å². The van der Waals surface area contributed by atoms with Gasteiger partial charge in [0.25, 0.3) is 0 Å². The van der Waals surface area contributed by atoms with Crippen LogP contribution in [0.1, 0.15) is 37.7 Å². The number of allylic oxidation sites excluding steroid dienone is 1. The standard InChI is InChI=1S/C18H26ClNO/c1-2-9-16-10-7-11-17(19)18(16)21-15-8-14-20-12-5-3-4-6-13-20/h2,7,10-11H,1,3-6,8-9,12-15H2. The number of hydrogen-bond acceptors (Lipinski definition) is 2. The molecule has 0 saturated carbocycles. The SMILES string of the molecule is C=CCc1cccc(Cl)c1OCCCN1CCCCCC1. The quantitative estimate of drug-likeness (QED) is 0.534. The molecule has 0 N–H and O–H groups in total. The molecule has 1 fully saturated rings. The third-order valence-electron chi connectivity index (χ3n) is 3.98. The van der Waals surface area contributed by atoms with Gasteiger partial charge in [0.15, 0.2) is 0 Å². The van der Waals surface area contributed by atoms with Gasteiger partial charge in [0.1, 0.15) is 5.75 Å². The number of halogens is 1. The first-order valence-corrected chi connectivity index (χ1v) is 8.42. The van der Waals surface area contributed by atoms with Gasteiger partial charge in [-0.2, -0.15) is 0 Å². The molecular weight excluding hydrogens is 282 g/mol. The van der Waals surface area contributed by atoms with E-state index in [2.05, 4.69) is 17.5 Å². The maximum absolute atomic E-state index is 6.24. The molecule has 21 heavy (non-hydrogen) atoms. The second-order valence-electron chi connectivity index (χ2n) is 5.68. The highest BCUT2D eigenvalue weighted by molar-refractivity contribution is 6.32.